The van der Waals surface area contributed by atoms with E-state index in [0.29, 0.717) is 5.88 Å². The van der Waals surface area contributed by atoms with Crippen molar-refractivity contribution in [3.63, 3.8) is 0 Å². The zero-order valence-corrected chi connectivity index (χ0v) is 23.1. The third-order valence-corrected chi connectivity index (χ3v) is 8.77. The molecule has 3 aromatic carbocycles. The lowest BCUT2D eigenvalue weighted by molar-refractivity contribution is 0.215. The van der Waals surface area contributed by atoms with E-state index in [9.17, 15) is 0 Å². The molecule has 2 heterocycles. The van der Waals surface area contributed by atoms with E-state index in [2.05, 4.69) is 92.7 Å². The number of nitrogens with zero attached hydrogens (tertiary/aromatic N) is 2. The fourth-order valence-corrected chi connectivity index (χ4v) is 7.23. The van der Waals surface area contributed by atoms with Crippen LogP contribution in [0.2, 0.25) is 0 Å². The molecule has 2 aromatic heterocycles. The van der Waals surface area contributed by atoms with E-state index in [0.717, 1.165) is 46.1 Å². The van der Waals surface area contributed by atoms with Crippen molar-refractivity contribution in [1.29, 1.82) is 0 Å². The number of thiazole rings is 1. The average molecular weight is 528 g/mol. The van der Waals surface area contributed by atoms with Gasteiger partial charge in [-0.1, -0.05) is 55.0 Å². The van der Waals surface area contributed by atoms with Gasteiger partial charge < -0.3 is 4.42 Å². The van der Waals surface area contributed by atoms with Crippen LogP contribution in [-0.4, -0.2) is 10.7 Å². The molecule has 0 amide bonds. The monoisotopic (exact) mass is 527 g/mol. The van der Waals surface area contributed by atoms with Gasteiger partial charge in [0.1, 0.15) is 11.3 Å². The van der Waals surface area contributed by atoms with E-state index in [4.69, 9.17) is 21.1 Å². The molecule has 1 saturated carbocycles. The van der Waals surface area contributed by atoms with Gasteiger partial charge in [-0.05, 0) is 78.6 Å². The Kier molecular flexibility index (Phi) is 6.09. The normalized spacial score (nSPS) is 19.9. The molecule has 0 aliphatic heterocycles. The van der Waals surface area contributed by atoms with Crippen LogP contribution >= 0.6 is 22.9 Å². The highest BCUT2D eigenvalue weighted by atomic mass is 35.5. The first-order valence-corrected chi connectivity index (χ1v) is 14.1. The fraction of sp³-hybridized carbons (Fsp3) is 0.290. The van der Waals surface area contributed by atoms with Crippen LogP contribution in [0.1, 0.15) is 53.5 Å². The topological polar surface area (TPSA) is 50.4 Å². The van der Waals surface area contributed by atoms with Crippen LogP contribution in [0.3, 0.4) is 0 Å². The zero-order chi connectivity index (χ0) is 25.7. The van der Waals surface area contributed by atoms with Gasteiger partial charge in [-0.2, -0.15) is 5.10 Å². The number of hydrogen-bond acceptors (Lipinski definition) is 5. The van der Waals surface area contributed by atoms with E-state index < -0.39 is 0 Å². The third-order valence-electron chi connectivity index (χ3n) is 7.70. The lowest BCUT2D eigenvalue weighted by atomic mass is 9.57. The summed E-state index contributed by atoms with van der Waals surface area (Å²) >= 11 is 7.48. The number of halogens is 1. The van der Waals surface area contributed by atoms with E-state index in [1.807, 2.05) is 5.38 Å². The molecule has 5 aromatic rings. The smallest absolute Gasteiger partial charge is 0.203 e. The highest BCUT2D eigenvalue weighted by Gasteiger charge is 2.46. The first-order valence-electron chi connectivity index (χ1n) is 12.7. The van der Waals surface area contributed by atoms with Crippen LogP contribution in [0.15, 0.2) is 69.5 Å². The average Bonchev–Trinajstić information content (AvgIpc) is 3.49. The lowest BCUT2D eigenvalue weighted by Gasteiger charge is -2.47. The van der Waals surface area contributed by atoms with E-state index in [1.54, 1.807) is 0 Å². The molecule has 1 aliphatic carbocycles. The van der Waals surface area contributed by atoms with E-state index in [1.165, 1.54) is 44.4 Å². The van der Waals surface area contributed by atoms with Crippen LogP contribution in [0, 0.1) is 26.7 Å². The summed E-state index contributed by atoms with van der Waals surface area (Å²) in [6.07, 6.45) is 2.03. The number of aromatic nitrogens is 1. The lowest BCUT2D eigenvalue weighted by Crippen LogP contribution is -2.43. The van der Waals surface area contributed by atoms with Crippen molar-refractivity contribution < 1.29 is 4.42 Å². The molecule has 0 atom stereocenters. The molecule has 1 N–H and O–H groups in total. The maximum atomic E-state index is 6.44. The van der Waals surface area contributed by atoms with Crippen molar-refractivity contribution in [2.24, 2.45) is 11.0 Å². The van der Waals surface area contributed by atoms with E-state index >= 15 is 0 Å². The molecule has 0 bridgehead atoms. The molecule has 1 fully saturated rings. The minimum atomic E-state index is 0.110. The maximum Gasteiger partial charge on any atom is 0.203 e. The Labute approximate surface area is 226 Å². The van der Waals surface area contributed by atoms with Crippen molar-refractivity contribution in [3.05, 3.63) is 93.7 Å². The van der Waals surface area contributed by atoms with Gasteiger partial charge in [-0.3, -0.25) is 5.43 Å². The quantitative estimate of drug-likeness (QED) is 0.136. The summed E-state index contributed by atoms with van der Waals surface area (Å²) in [4.78, 5) is 4.53. The fourth-order valence-electron chi connectivity index (χ4n) is 6.35. The zero-order valence-electron chi connectivity index (χ0n) is 21.6. The van der Waals surface area contributed by atoms with E-state index in [-0.39, 0.29) is 11.3 Å². The molecule has 37 heavy (non-hydrogen) atoms. The predicted molar refractivity (Wildman–Crippen MR) is 156 cm³/mol. The third kappa shape index (κ3) is 4.34. The number of benzene rings is 3. The van der Waals surface area contributed by atoms with Gasteiger partial charge in [0, 0.05) is 16.7 Å². The summed E-state index contributed by atoms with van der Waals surface area (Å²) in [5.41, 5.74) is 11.5. The number of furan rings is 1. The number of rotatable bonds is 6. The Hall–Kier alpha value is -3.15. The summed E-state index contributed by atoms with van der Waals surface area (Å²) in [6, 6.07) is 19.4. The number of nitrogens with one attached hydrogen (secondary N) is 1. The van der Waals surface area contributed by atoms with Crippen LogP contribution in [0.4, 0.5) is 5.13 Å². The Morgan fingerprint density at radius 3 is 2.57 bits per heavy atom. The standard InChI is InChI=1S/C31H30ClN3OS/c1-18-11-19(2)28(20(3)12-18)31(4)14-22(15-31)29(34-35-30-33-23(16-32)17-37-30)27-13-25-24-8-6-5-7-21(24)9-10-26(25)36-27/h5-13,17,22H,14-16H2,1-4H3,(H,33,35)/b34-29+. The molecule has 0 unspecified atom stereocenters. The SMILES string of the molecule is Cc1cc(C)c(C2(C)CC(/C(=N\Nc3nc(CCl)cs3)c3cc4c(ccc5ccccc54)o3)C2)c(C)c1. The van der Waals surface area contributed by atoms with Gasteiger partial charge in [0.05, 0.1) is 11.6 Å². The molecule has 0 saturated heterocycles. The number of fused-ring (bicyclic) bond motifs is 3. The Balaban J connectivity index is 1.38. The second-order valence-electron chi connectivity index (χ2n) is 10.6. The number of aryl methyl sites for hydroxylation is 3. The molecular weight excluding hydrogens is 498 g/mol. The van der Waals surface area contributed by atoms with Gasteiger partial charge in [-0.15, -0.1) is 22.9 Å². The Morgan fingerprint density at radius 1 is 1.08 bits per heavy atom. The Morgan fingerprint density at radius 2 is 1.84 bits per heavy atom. The van der Waals surface area contributed by atoms with Gasteiger partial charge in [0.2, 0.25) is 5.13 Å². The van der Waals surface area contributed by atoms with Crippen molar-refractivity contribution in [2.45, 2.75) is 51.8 Å². The number of hydrazone groups is 1. The summed E-state index contributed by atoms with van der Waals surface area (Å²) < 4.78 is 6.44. The molecule has 4 nitrogen and oxygen atoms in total. The van der Waals surface area contributed by atoms with Crippen LogP contribution in [0.5, 0.6) is 0 Å². The van der Waals surface area contributed by atoms with Crippen molar-refractivity contribution >= 4 is 55.5 Å². The van der Waals surface area contributed by atoms with Gasteiger partial charge in [-0.25, -0.2) is 4.98 Å². The summed E-state index contributed by atoms with van der Waals surface area (Å²) in [5.74, 6) is 1.48. The van der Waals surface area contributed by atoms with Gasteiger partial charge in [0.15, 0.2) is 5.76 Å². The first kappa shape index (κ1) is 24.2. The summed E-state index contributed by atoms with van der Waals surface area (Å²) in [5, 5.41) is 11.1. The summed E-state index contributed by atoms with van der Waals surface area (Å²) in [7, 11) is 0. The molecule has 6 heteroatoms. The predicted octanol–water partition coefficient (Wildman–Crippen LogP) is 8.89. The second-order valence-corrected chi connectivity index (χ2v) is 11.8. The molecular formula is C31H30ClN3OS. The van der Waals surface area contributed by atoms with Crippen LogP contribution < -0.4 is 5.43 Å². The molecule has 0 spiro atoms. The van der Waals surface area contributed by atoms with Crippen molar-refractivity contribution in [1.82, 2.24) is 4.98 Å². The number of anilines is 1. The largest absolute Gasteiger partial charge is 0.455 e. The molecule has 6 rings (SSSR count). The van der Waals surface area contributed by atoms with Crippen LogP contribution in [-0.2, 0) is 11.3 Å². The van der Waals surface area contributed by atoms with Crippen molar-refractivity contribution in [3.8, 4) is 0 Å². The first-order chi connectivity index (χ1) is 17.8. The molecule has 188 valence electrons. The molecule has 1 aliphatic rings. The highest BCUT2D eigenvalue weighted by Crippen LogP contribution is 2.51. The van der Waals surface area contributed by atoms with Gasteiger partial charge in [0.25, 0.3) is 0 Å². The highest BCUT2D eigenvalue weighted by molar-refractivity contribution is 7.13. The molecule has 0 radical (unpaired) electrons. The number of hydrogen-bond donors (Lipinski definition) is 1. The minimum absolute atomic E-state index is 0.110. The Bertz CT molecular complexity index is 1630. The summed E-state index contributed by atoms with van der Waals surface area (Å²) in [6.45, 7) is 9.04. The van der Waals surface area contributed by atoms with Crippen LogP contribution in [0.25, 0.3) is 21.7 Å². The van der Waals surface area contributed by atoms with Gasteiger partial charge >= 0.3 is 0 Å². The number of alkyl halides is 1. The second kappa shape index (κ2) is 9.30. The van der Waals surface area contributed by atoms with Crippen molar-refractivity contribution in [2.75, 3.05) is 5.43 Å². The minimum Gasteiger partial charge on any atom is -0.455 e. The maximum absolute atomic E-state index is 6.44.